The summed E-state index contributed by atoms with van der Waals surface area (Å²) in [6.45, 7) is 0. The standard InChI is InChI=1S/C25H35N3O6/c29-26(30)23-11-9-21(10-12-23)19-22(20-25(28(33)34)16-7-3-4-8-17-25)13-18-24(27(31)32)14-5-1-2-6-15-24/h9-12,19H,1-8,13-18,20H2/b22-19+. The van der Waals surface area contributed by atoms with Crippen molar-refractivity contribution in [3.63, 3.8) is 0 Å². The molecule has 0 saturated heterocycles. The molecule has 0 spiro atoms. The minimum Gasteiger partial charge on any atom is -0.264 e. The molecule has 2 saturated carbocycles. The number of rotatable bonds is 9. The lowest BCUT2D eigenvalue weighted by atomic mass is 9.79. The third kappa shape index (κ3) is 6.39. The normalized spacial score (nSPS) is 20.6. The van der Waals surface area contributed by atoms with E-state index in [9.17, 15) is 30.3 Å². The Kier molecular flexibility index (Phi) is 8.74. The third-order valence-electron chi connectivity index (χ3n) is 7.79. The second kappa shape index (κ2) is 11.5. The topological polar surface area (TPSA) is 129 Å². The molecule has 0 amide bonds. The molecule has 0 N–H and O–H groups in total. The second-order valence-corrected chi connectivity index (χ2v) is 10.1. The number of hydrogen-bond donors (Lipinski definition) is 0. The Hall–Kier alpha value is -2.84. The van der Waals surface area contributed by atoms with E-state index in [0.29, 0.717) is 38.5 Å². The molecule has 0 aliphatic heterocycles. The van der Waals surface area contributed by atoms with Gasteiger partial charge in [-0.2, -0.15) is 0 Å². The molecule has 2 aliphatic carbocycles. The molecule has 2 fully saturated rings. The first-order valence-corrected chi connectivity index (χ1v) is 12.5. The minimum atomic E-state index is -1.05. The predicted molar refractivity (Wildman–Crippen MR) is 130 cm³/mol. The van der Waals surface area contributed by atoms with Crippen LogP contribution in [0.4, 0.5) is 5.69 Å². The number of nitro benzene ring substituents is 1. The van der Waals surface area contributed by atoms with Crippen molar-refractivity contribution >= 4 is 11.8 Å². The maximum Gasteiger partial charge on any atom is 0.269 e. The Balaban J connectivity index is 1.91. The van der Waals surface area contributed by atoms with Crippen molar-refractivity contribution in [2.45, 2.75) is 107 Å². The van der Waals surface area contributed by atoms with Crippen LogP contribution in [-0.2, 0) is 0 Å². The maximum absolute atomic E-state index is 12.3. The summed E-state index contributed by atoms with van der Waals surface area (Å²) in [4.78, 5) is 34.7. The molecule has 9 heteroatoms. The van der Waals surface area contributed by atoms with E-state index in [1.165, 1.54) is 12.1 Å². The smallest absolute Gasteiger partial charge is 0.264 e. The SMILES string of the molecule is O=[N+]([O-])c1ccc(/C=C(\CCC2([N+](=O)[O-])CCCCCC2)CC2([N+](=O)[O-])CCCCCC2)cc1. The highest BCUT2D eigenvalue weighted by atomic mass is 16.6. The van der Waals surface area contributed by atoms with E-state index >= 15 is 0 Å². The summed E-state index contributed by atoms with van der Waals surface area (Å²) < 4.78 is 0. The summed E-state index contributed by atoms with van der Waals surface area (Å²) in [5.74, 6) is 0. The molecule has 1 aromatic rings. The maximum atomic E-state index is 12.3. The molecule has 186 valence electrons. The molecule has 9 nitrogen and oxygen atoms in total. The van der Waals surface area contributed by atoms with E-state index in [2.05, 4.69) is 0 Å². The van der Waals surface area contributed by atoms with Gasteiger partial charge in [-0.3, -0.25) is 30.3 Å². The van der Waals surface area contributed by atoms with Crippen LogP contribution in [0.2, 0.25) is 0 Å². The van der Waals surface area contributed by atoms with Gasteiger partial charge in [-0.15, -0.1) is 0 Å². The van der Waals surface area contributed by atoms with Gasteiger partial charge in [0, 0.05) is 60.5 Å². The van der Waals surface area contributed by atoms with Gasteiger partial charge in [0.15, 0.2) is 0 Å². The molecule has 0 atom stereocenters. The lowest BCUT2D eigenvalue weighted by Gasteiger charge is -2.28. The Morgan fingerprint density at radius 2 is 1.21 bits per heavy atom. The fraction of sp³-hybridized carbons (Fsp3) is 0.680. The molecule has 0 aromatic heterocycles. The summed E-state index contributed by atoms with van der Waals surface area (Å²) in [7, 11) is 0. The lowest BCUT2D eigenvalue weighted by molar-refractivity contribution is -0.575. The quantitative estimate of drug-likeness (QED) is 0.218. The largest absolute Gasteiger partial charge is 0.269 e. The Bertz CT molecular complexity index is 896. The molecular weight excluding hydrogens is 438 g/mol. The van der Waals surface area contributed by atoms with Crippen LogP contribution in [0.1, 0.15) is 102 Å². The van der Waals surface area contributed by atoms with Crippen LogP contribution in [-0.4, -0.2) is 25.8 Å². The van der Waals surface area contributed by atoms with Crippen LogP contribution in [0.5, 0.6) is 0 Å². The number of nitrogens with zero attached hydrogens (tertiary/aromatic N) is 3. The molecule has 3 rings (SSSR count). The Morgan fingerprint density at radius 3 is 1.65 bits per heavy atom. The van der Waals surface area contributed by atoms with Crippen LogP contribution < -0.4 is 0 Å². The van der Waals surface area contributed by atoms with Gasteiger partial charge in [0.25, 0.3) is 5.69 Å². The Labute approximate surface area is 200 Å². The van der Waals surface area contributed by atoms with Crippen molar-refractivity contribution in [1.29, 1.82) is 0 Å². The summed E-state index contributed by atoms with van der Waals surface area (Å²) in [6, 6.07) is 6.11. The van der Waals surface area contributed by atoms with Crippen LogP contribution in [0.15, 0.2) is 29.8 Å². The first kappa shape index (κ1) is 25.8. The van der Waals surface area contributed by atoms with E-state index in [1.54, 1.807) is 12.1 Å². The van der Waals surface area contributed by atoms with Gasteiger partial charge in [0.05, 0.1) is 4.92 Å². The molecule has 34 heavy (non-hydrogen) atoms. The summed E-state index contributed by atoms with van der Waals surface area (Å²) in [5, 5.41) is 35.4. The number of hydrogen-bond acceptors (Lipinski definition) is 6. The average Bonchev–Trinajstić information content (AvgIpc) is 3.20. The van der Waals surface area contributed by atoms with Gasteiger partial charge in [-0.05, 0) is 49.8 Å². The summed E-state index contributed by atoms with van der Waals surface area (Å²) in [6.07, 6.45) is 12.3. The zero-order valence-corrected chi connectivity index (χ0v) is 19.8. The zero-order chi connectivity index (χ0) is 24.6. The number of benzene rings is 1. The van der Waals surface area contributed by atoms with Crippen LogP contribution >= 0.6 is 0 Å². The fourth-order valence-corrected chi connectivity index (χ4v) is 5.68. The first-order chi connectivity index (χ1) is 16.3. The minimum absolute atomic E-state index is 0.0185. The monoisotopic (exact) mass is 473 g/mol. The van der Waals surface area contributed by atoms with E-state index in [4.69, 9.17) is 0 Å². The molecule has 0 unspecified atom stereocenters. The van der Waals surface area contributed by atoms with Crippen molar-refractivity contribution < 1.29 is 14.8 Å². The first-order valence-electron chi connectivity index (χ1n) is 12.5. The molecule has 0 heterocycles. The highest BCUT2D eigenvalue weighted by molar-refractivity contribution is 5.55. The van der Waals surface area contributed by atoms with Gasteiger partial charge in [-0.25, -0.2) is 0 Å². The Morgan fingerprint density at radius 1 is 0.735 bits per heavy atom. The summed E-state index contributed by atoms with van der Waals surface area (Å²) >= 11 is 0. The van der Waals surface area contributed by atoms with Gasteiger partial charge >= 0.3 is 0 Å². The highest BCUT2D eigenvalue weighted by Crippen LogP contribution is 2.40. The van der Waals surface area contributed by atoms with E-state index in [-0.39, 0.29) is 22.0 Å². The van der Waals surface area contributed by atoms with Gasteiger partial charge < -0.3 is 0 Å². The van der Waals surface area contributed by atoms with E-state index in [0.717, 1.165) is 62.5 Å². The second-order valence-electron chi connectivity index (χ2n) is 10.1. The van der Waals surface area contributed by atoms with Gasteiger partial charge in [0.2, 0.25) is 11.1 Å². The van der Waals surface area contributed by atoms with Crippen LogP contribution in [0.3, 0.4) is 0 Å². The van der Waals surface area contributed by atoms with Crippen LogP contribution in [0.25, 0.3) is 6.08 Å². The van der Waals surface area contributed by atoms with Crippen LogP contribution in [0, 0.1) is 30.3 Å². The van der Waals surface area contributed by atoms with Crippen molar-refractivity contribution in [2.24, 2.45) is 0 Å². The lowest BCUT2D eigenvalue weighted by Crippen LogP contribution is -2.40. The van der Waals surface area contributed by atoms with Crippen molar-refractivity contribution in [1.82, 2.24) is 0 Å². The third-order valence-corrected chi connectivity index (χ3v) is 7.79. The summed E-state index contributed by atoms with van der Waals surface area (Å²) in [5.41, 5.74) is -0.485. The fourth-order valence-electron chi connectivity index (χ4n) is 5.68. The molecular formula is C25H35N3O6. The van der Waals surface area contributed by atoms with E-state index in [1.807, 2.05) is 6.08 Å². The molecule has 0 bridgehead atoms. The number of nitro groups is 3. The van der Waals surface area contributed by atoms with Gasteiger partial charge in [0.1, 0.15) is 0 Å². The molecule has 2 aliphatic rings. The predicted octanol–water partition coefficient (Wildman–Crippen LogP) is 6.89. The number of non-ortho nitro benzene ring substituents is 1. The molecule has 0 radical (unpaired) electrons. The van der Waals surface area contributed by atoms with Crippen molar-refractivity contribution in [3.8, 4) is 0 Å². The van der Waals surface area contributed by atoms with Crippen molar-refractivity contribution in [2.75, 3.05) is 0 Å². The van der Waals surface area contributed by atoms with Crippen molar-refractivity contribution in [3.05, 3.63) is 65.7 Å². The van der Waals surface area contributed by atoms with Gasteiger partial charge in [-0.1, -0.05) is 37.3 Å². The highest BCUT2D eigenvalue weighted by Gasteiger charge is 2.45. The average molecular weight is 474 g/mol. The zero-order valence-electron chi connectivity index (χ0n) is 19.8. The molecule has 1 aromatic carbocycles. The van der Waals surface area contributed by atoms with E-state index < -0.39 is 16.0 Å².